The molecule has 76 valence electrons. The summed E-state index contributed by atoms with van der Waals surface area (Å²) in [7, 11) is 0. The number of aromatic nitrogens is 2. The minimum atomic E-state index is -0.216. The van der Waals surface area contributed by atoms with Gasteiger partial charge in [0.25, 0.3) is 5.56 Å². The van der Waals surface area contributed by atoms with Crippen LogP contribution in [0.3, 0.4) is 0 Å². The van der Waals surface area contributed by atoms with Gasteiger partial charge in [-0.25, -0.2) is 4.98 Å². The highest BCUT2D eigenvalue weighted by molar-refractivity contribution is 5.61. The molecule has 0 bridgehead atoms. The summed E-state index contributed by atoms with van der Waals surface area (Å²) in [6, 6.07) is 7.67. The summed E-state index contributed by atoms with van der Waals surface area (Å²) in [5, 5.41) is 0. The first-order valence-electron chi connectivity index (χ1n) is 4.58. The van der Waals surface area contributed by atoms with Gasteiger partial charge < -0.3 is 5.73 Å². The van der Waals surface area contributed by atoms with Crippen molar-refractivity contribution < 1.29 is 0 Å². The maximum atomic E-state index is 11.5. The Hall–Kier alpha value is -2.10. The van der Waals surface area contributed by atoms with Crippen molar-refractivity contribution in [3.05, 3.63) is 46.4 Å². The van der Waals surface area contributed by atoms with Gasteiger partial charge in [-0.2, -0.15) is 0 Å². The summed E-state index contributed by atoms with van der Waals surface area (Å²) in [5.41, 5.74) is 7.67. The molecule has 0 saturated heterocycles. The van der Waals surface area contributed by atoms with Gasteiger partial charge in [0.15, 0.2) is 5.95 Å². The van der Waals surface area contributed by atoms with E-state index in [1.165, 1.54) is 6.20 Å². The number of nitrogens with one attached hydrogen (secondary N) is 1. The fraction of sp³-hybridized carbons (Fsp3) is 0.0909. The number of aryl methyl sites for hydroxylation is 1. The van der Waals surface area contributed by atoms with E-state index >= 15 is 0 Å². The molecule has 2 rings (SSSR count). The molecular formula is C11H11N3O. The van der Waals surface area contributed by atoms with Gasteiger partial charge in [0.1, 0.15) is 0 Å². The Labute approximate surface area is 86.8 Å². The zero-order valence-electron chi connectivity index (χ0n) is 8.32. The normalized spacial score (nSPS) is 10.2. The highest BCUT2D eigenvalue weighted by Gasteiger charge is 2.03. The molecule has 4 heteroatoms. The molecule has 0 spiro atoms. The number of benzene rings is 1. The predicted molar refractivity (Wildman–Crippen MR) is 59.4 cm³/mol. The zero-order valence-corrected chi connectivity index (χ0v) is 8.32. The molecule has 15 heavy (non-hydrogen) atoms. The van der Waals surface area contributed by atoms with Crippen LogP contribution in [-0.4, -0.2) is 9.97 Å². The van der Waals surface area contributed by atoms with Crippen LogP contribution in [0.15, 0.2) is 35.3 Å². The Kier molecular flexibility index (Phi) is 2.25. The Morgan fingerprint density at radius 1 is 1.27 bits per heavy atom. The number of aromatic amines is 1. The van der Waals surface area contributed by atoms with Gasteiger partial charge in [-0.05, 0) is 12.5 Å². The number of hydrogen-bond acceptors (Lipinski definition) is 3. The zero-order chi connectivity index (χ0) is 10.8. The summed E-state index contributed by atoms with van der Waals surface area (Å²) in [6.07, 6.45) is 1.48. The smallest absolute Gasteiger partial charge is 0.260 e. The standard InChI is InChI=1S/C11H11N3O/c1-7-2-4-8(5-3-7)9-6-13-11(12)14-10(9)15/h2-6H,1H3,(H3,12,13,14,15). The van der Waals surface area contributed by atoms with Gasteiger partial charge in [0.05, 0.1) is 5.56 Å². The van der Waals surface area contributed by atoms with Crippen LogP contribution in [0.1, 0.15) is 5.56 Å². The van der Waals surface area contributed by atoms with Gasteiger partial charge in [0.2, 0.25) is 0 Å². The molecule has 4 nitrogen and oxygen atoms in total. The van der Waals surface area contributed by atoms with Crippen LogP contribution in [0, 0.1) is 6.92 Å². The lowest BCUT2D eigenvalue weighted by Crippen LogP contribution is -2.12. The van der Waals surface area contributed by atoms with Gasteiger partial charge in [-0.1, -0.05) is 29.8 Å². The van der Waals surface area contributed by atoms with Gasteiger partial charge in [-0.3, -0.25) is 9.78 Å². The van der Waals surface area contributed by atoms with Crippen molar-refractivity contribution in [1.29, 1.82) is 0 Å². The fourth-order valence-corrected chi connectivity index (χ4v) is 1.35. The number of nitrogens with zero attached hydrogens (tertiary/aromatic N) is 1. The first-order chi connectivity index (χ1) is 7.16. The minimum absolute atomic E-state index is 0.135. The van der Waals surface area contributed by atoms with E-state index in [9.17, 15) is 4.79 Å². The number of anilines is 1. The lowest BCUT2D eigenvalue weighted by molar-refractivity contribution is 1.14. The molecule has 1 heterocycles. The summed E-state index contributed by atoms with van der Waals surface area (Å²) in [5.74, 6) is 0.135. The summed E-state index contributed by atoms with van der Waals surface area (Å²) in [4.78, 5) is 17.9. The second-order valence-corrected chi connectivity index (χ2v) is 3.38. The van der Waals surface area contributed by atoms with Crippen molar-refractivity contribution >= 4 is 5.95 Å². The van der Waals surface area contributed by atoms with E-state index in [-0.39, 0.29) is 11.5 Å². The van der Waals surface area contributed by atoms with Crippen LogP contribution in [0.5, 0.6) is 0 Å². The molecule has 0 aliphatic heterocycles. The number of hydrogen-bond donors (Lipinski definition) is 2. The molecule has 0 unspecified atom stereocenters. The first-order valence-corrected chi connectivity index (χ1v) is 4.58. The van der Waals surface area contributed by atoms with E-state index in [1.807, 2.05) is 31.2 Å². The van der Waals surface area contributed by atoms with E-state index in [0.29, 0.717) is 5.56 Å². The number of rotatable bonds is 1. The van der Waals surface area contributed by atoms with Crippen molar-refractivity contribution in [2.75, 3.05) is 5.73 Å². The molecule has 2 aromatic rings. The van der Waals surface area contributed by atoms with Crippen LogP contribution in [0.25, 0.3) is 11.1 Å². The van der Waals surface area contributed by atoms with Gasteiger partial charge in [-0.15, -0.1) is 0 Å². The minimum Gasteiger partial charge on any atom is -0.369 e. The third-order valence-electron chi connectivity index (χ3n) is 2.18. The van der Waals surface area contributed by atoms with Crippen molar-refractivity contribution in [3.63, 3.8) is 0 Å². The van der Waals surface area contributed by atoms with E-state index in [0.717, 1.165) is 11.1 Å². The molecule has 0 radical (unpaired) electrons. The van der Waals surface area contributed by atoms with Crippen LogP contribution in [0.2, 0.25) is 0 Å². The Morgan fingerprint density at radius 3 is 2.53 bits per heavy atom. The maximum absolute atomic E-state index is 11.5. The van der Waals surface area contributed by atoms with Gasteiger partial charge in [0, 0.05) is 6.20 Å². The van der Waals surface area contributed by atoms with Crippen molar-refractivity contribution in [3.8, 4) is 11.1 Å². The predicted octanol–water partition coefficient (Wildman–Crippen LogP) is 1.33. The number of nitrogens with two attached hydrogens (primary N) is 1. The van der Waals surface area contributed by atoms with Crippen LogP contribution < -0.4 is 11.3 Å². The molecular weight excluding hydrogens is 190 g/mol. The van der Waals surface area contributed by atoms with Gasteiger partial charge >= 0.3 is 0 Å². The van der Waals surface area contributed by atoms with Crippen molar-refractivity contribution in [2.24, 2.45) is 0 Å². The lowest BCUT2D eigenvalue weighted by Gasteiger charge is -2.00. The number of H-pyrrole nitrogens is 1. The van der Waals surface area contributed by atoms with E-state index in [4.69, 9.17) is 5.73 Å². The Bertz CT molecular complexity index is 528. The van der Waals surface area contributed by atoms with Crippen LogP contribution >= 0.6 is 0 Å². The summed E-state index contributed by atoms with van der Waals surface area (Å²) in [6.45, 7) is 2.00. The first kappa shape index (κ1) is 9.45. The van der Waals surface area contributed by atoms with Crippen molar-refractivity contribution in [2.45, 2.75) is 6.92 Å². The van der Waals surface area contributed by atoms with Crippen LogP contribution in [0.4, 0.5) is 5.95 Å². The summed E-state index contributed by atoms with van der Waals surface area (Å²) >= 11 is 0. The maximum Gasteiger partial charge on any atom is 0.260 e. The third-order valence-corrected chi connectivity index (χ3v) is 2.18. The second kappa shape index (κ2) is 3.57. The monoisotopic (exact) mass is 201 g/mol. The number of nitrogen functional groups attached to an aromatic ring is 1. The molecule has 1 aromatic carbocycles. The van der Waals surface area contributed by atoms with Crippen LogP contribution in [-0.2, 0) is 0 Å². The fourth-order valence-electron chi connectivity index (χ4n) is 1.35. The molecule has 1 aromatic heterocycles. The average molecular weight is 201 g/mol. The Morgan fingerprint density at radius 2 is 1.93 bits per heavy atom. The molecule has 0 amide bonds. The van der Waals surface area contributed by atoms with E-state index in [2.05, 4.69) is 9.97 Å². The quantitative estimate of drug-likeness (QED) is 0.731. The molecule has 0 aliphatic rings. The average Bonchev–Trinajstić information content (AvgIpc) is 2.20. The molecule has 0 aliphatic carbocycles. The SMILES string of the molecule is Cc1ccc(-c2cnc(N)[nH]c2=O)cc1. The van der Waals surface area contributed by atoms with Crippen molar-refractivity contribution in [1.82, 2.24) is 9.97 Å². The second-order valence-electron chi connectivity index (χ2n) is 3.38. The molecule has 0 atom stereocenters. The molecule has 0 saturated carbocycles. The topological polar surface area (TPSA) is 71.8 Å². The largest absolute Gasteiger partial charge is 0.369 e. The highest BCUT2D eigenvalue weighted by atomic mass is 16.1. The van der Waals surface area contributed by atoms with E-state index in [1.54, 1.807) is 0 Å². The lowest BCUT2D eigenvalue weighted by atomic mass is 10.1. The molecule has 3 N–H and O–H groups in total. The third kappa shape index (κ3) is 1.88. The highest BCUT2D eigenvalue weighted by Crippen LogP contribution is 2.14. The van der Waals surface area contributed by atoms with E-state index < -0.39 is 0 Å². The Balaban J connectivity index is 2.55. The molecule has 0 fully saturated rings. The summed E-state index contributed by atoms with van der Waals surface area (Å²) < 4.78 is 0.